The van der Waals surface area contributed by atoms with Crippen LogP contribution in [0.4, 0.5) is 15.3 Å². The highest BCUT2D eigenvalue weighted by Crippen LogP contribution is 2.48. The standard InChI is InChI=1S/C26H33N4O8P/c1-26(2,3)18-10-11-19-17(15-18)9-12-22(19)29-24(31)28-21-7-6-8-23-20(21)16-27-30(23)25(32)36-13-14-39(33,37-34-4)38-35-5/h6-8,10-11,15-16,22H,9,12-14H2,1-5H3,(H2,28,29,31)/t22-/m1/s1. The third kappa shape index (κ3) is 6.66. The van der Waals surface area contributed by atoms with Crippen LogP contribution in [-0.2, 0) is 40.3 Å². The fourth-order valence-electron chi connectivity index (χ4n) is 4.48. The molecule has 1 atom stereocenters. The van der Waals surface area contributed by atoms with Crippen molar-refractivity contribution in [3.05, 3.63) is 59.3 Å². The Bertz CT molecular complexity index is 1390. The predicted octanol–water partition coefficient (Wildman–Crippen LogP) is 5.48. The van der Waals surface area contributed by atoms with Crippen molar-refractivity contribution in [3.63, 3.8) is 0 Å². The van der Waals surface area contributed by atoms with Crippen molar-refractivity contribution in [1.29, 1.82) is 0 Å². The molecule has 2 N–H and O–H groups in total. The van der Waals surface area contributed by atoms with Gasteiger partial charge < -0.3 is 15.4 Å². The Morgan fingerprint density at radius 1 is 1.13 bits per heavy atom. The zero-order valence-corrected chi connectivity index (χ0v) is 23.4. The lowest BCUT2D eigenvalue weighted by atomic mass is 9.85. The zero-order valence-electron chi connectivity index (χ0n) is 22.6. The number of benzene rings is 2. The SMILES string of the molecule is COOP(=O)(CCOC(=O)n1ncc2c(NC(=O)N[C@@H]3CCc4cc(C(C)(C)C)ccc43)cccc21)OOC. The maximum atomic E-state index is 12.9. The number of fused-ring (bicyclic) bond motifs is 2. The summed E-state index contributed by atoms with van der Waals surface area (Å²) in [4.78, 5) is 34.4. The van der Waals surface area contributed by atoms with Crippen molar-refractivity contribution in [3.8, 4) is 0 Å². The molecule has 1 aromatic heterocycles. The summed E-state index contributed by atoms with van der Waals surface area (Å²) in [6.07, 6.45) is 2.05. The number of carbonyl (C=O) groups is 2. The third-order valence-corrected chi connectivity index (χ3v) is 7.88. The van der Waals surface area contributed by atoms with E-state index < -0.39 is 13.7 Å². The number of aryl methyl sites for hydroxylation is 1. The minimum atomic E-state index is -3.77. The number of amides is 2. The highest BCUT2D eigenvalue weighted by atomic mass is 31.2. The molecule has 0 aliphatic heterocycles. The molecule has 0 bridgehead atoms. The fraction of sp³-hybridized carbons (Fsp3) is 0.423. The molecule has 2 amide bonds. The Morgan fingerprint density at radius 2 is 1.87 bits per heavy atom. The Kier molecular flexibility index (Phi) is 8.73. The van der Waals surface area contributed by atoms with Crippen molar-refractivity contribution >= 4 is 36.3 Å². The van der Waals surface area contributed by atoms with Gasteiger partial charge in [-0.05, 0) is 47.1 Å². The molecule has 12 nitrogen and oxygen atoms in total. The first-order valence-electron chi connectivity index (χ1n) is 12.4. The van der Waals surface area contributed by atoms with Gasteiger partial charge in [-0.15, -0.1) is 9.35 Å². The Hall–Kier alpha value is -3.28. The first-order valence-corrected chi connectivity index (χ1v) is 14.2. The van der Waals surface area contributed by atoms with Gasteiger partial charge in [-0.1, -0.05) is 45.0 Å². The first kappa shape index (κ1) is 28.7. The molecule has 2 aromatic carbocycles. The van der Waals surface area contributed by atoms with Gasteiger partial charge in [0.05, 0.1) is 43.8 Å². The van der Waals surface area contributed by atoms with E-state index in [9.17, 15) is 14.2 Å². The maximum Gasteiger partial charge on any atom is 0.435 e. The molecule has 210 valence electrons. The van der Waals surface area contributed by atoms with E-state index >= 15 is 0 Å². The molecule has 1 aliphatic rings. The van der Waals surface area contributed by atoms with Gasteiger partial charge in [0, 0.05) is 5.39 Å². The normalized spacial score (nSPS) is 15.3. The van der Waals surface area contributed by atoms with Gasteiger partial charge in [0.15, 0.2) is 0 Å². The molecular weight excluding hydrogens is 527 g/mol. The molecule has 13 heteroatoms. The van der Waals surface area contributed by atoms with E-state index in [1.807, 2.05) is 0 Å². The number of hydrogen-bond donors (Lipinski definition) is 2. The van der Waals surface area contributed by atoms with Gasteiger partial charge in [-0.2, -0.15) is 9.78 Å². The second-order valence-electron chi connectivity index (χ2n) is 10.1. The maximum absolute atomic E-state index is 12.9. The number of carbonyl (C=O) groups excluding carboxylic acids is 2. The summed E-state index contributed by atoms with van der Waals surface area (Å²) in [5.74, 6) is 0. The van der Waals surface area contributed by atoms with E-state index in [1.165, 1.54) is 17.3 Å². The number of rotatable bonds is 9. The lowest BCUT2D eigenvalue weighted by molar-refractivity contribution is -0.242. The summed E-state index contributed by atoms with van der Waals surface area (Å²) in [5, 5.41) is 10.6. The number of urea groups is 1. The van der Waals surface area contributed by atoms with E-state index in [1.54, 1.807) is 18.2 Å². The lowest BCUT2D eigenvalue weighted by Gasteiger charge is -2.21. The van der Waals surface area contributed by atoms with Crippen molar-refractivity contribution in [2.75, 3.05) is 32.3 Å². The van der Waals surface area contributed by atoms with Gasteiger partial charge in [0.2, 0.25) is 0 Å². The molecule has 1 aliphatic carbocycles. The Balaban J connectivity index is 1.40. The predicted molar refractivity (Wildman–Crippen MR) is 143 cm³/mol. The minimum absolute atomic E-state index is 0.0618. The highest BCUT2D eigenvalue weighted by molar-refractivity contribution is 7.53. The van der Waals surface area contributed by atoms with Gasteiger partial charge in [-0.25, -0.2) is 19.4 Å². The smallest absolute Gasteiger partial charge is 0.435 e. The molecule has 3 aromatic rings. The number of hydrogen-bond acceptors (Lipinski definition) is 9. The molecule has 4 rings (SSSR count). The van der Waals surface area contributed by atoms with Crippen molar-refractivity contribution in [1.82, 2.24) is 15.1 Å². The largest absolute Gasteiger partial charge is 0.447 e. The van der Waals surface area contributed by atoms with E-state index in [0.29, 0.717) is 16.6 Å². The number of anilines is 1. The van der Waals surface area contributed by atoms with Crippen LogP contribution < -0.4 is 10.6 Å². The van der Waals surface area contributed by atoms with Gasteiger partial charge in [0.25, 0.3) is 0 Å². The Labute approximate surface area is 226 Å². The molecule has 0 saturated heterocycles. The summed E-state index contributed by atoms with van der Waals surface area (Å²) >= 11 is 0. The van der Waals surface area contributed by atoms with Crippen molar-refractivity contribution < 1.29 is 38.0 Å². The third-order valence-electron chi connectivity index (χ3n) is 6.39. The topological polar surface area (TPSA) is 139 Å². The second-order valence-corrected chi connectivity index (χ2v) is 12.0. The summed E-state index contributed by atoms with van der Waals surface area (Å²) in [5.41, 5.74) is 4.62. The van der Waals surface area contributed by atoms with Crippen LogP contribution in [-0.4, -0.2) is 48.9 Å². The van der Waals surface area contributed by atoms with Gasteiger partial charge in [0.1, 0.15) is 6.61 Å². The highest BCUT2D eigenvalue weighted by Gasteiger charge is 2.29. The molecule has 0 unspecified atom stereocenters. The average Bonchev–Trinajstić information content (AvgIpc) is 3.48. The average molecular weight is 561 g/mol. The monoisotopic (exact) mass is 560 g/mol. The second kappa shape index (κ2) is 11.8. The van der Waals surface area contributed by atoms with E-state index in [2.05, 4.69) is 73.8 Å². The van der Waals surface area contributed by atoms with Crippen molar-refractivity contribution in [2.24, 2.45) is 0 Å². The number of nitrogens with zero attached hydrogens (tertiary/aromatic N) is 2. The van der Waals surface area contributed by atoms with Crippen LogP contribution in [0, 0.1) is 0 Å². The lowest BCUT2D eigenvalue weighted by Crippen LogP contribution is -2.31. The van der Waals surface area contributed by atoms with E-state index in [0.717, 1.165) is 37.3 Å². The molecule has 39 heavy (non-hydrogen) atoms. The Morgan fingerprint density at radius 3 is 2.56 bits per heavy atom. The van der Waals surface area contributed by atoms with Crippen LogP contribution in [0.5, 0.6) is 0 Å². The fourth-order valence-corrected chi connectivity index (χ4v) is 5.42. The molecule has 0 fully saturated rings. The summed E-state index contributed by atoms with van der Waals surface area (Å²) < 4.78 is 27.7. The summed E-state index contributed by atoms with van der Waals surface area (Å²) in [7, 11) is -1.45. The van der Waals surface area contributed by atoms with E-state index in [4.69, 9.17) is 4.74 Å². The van der Waals surface area contributed by atoms with Gasteiger partial charge in [-0.3, -0.25) is 4.57 Å². The zero-order chi connectivity index (χ0) is 28.2. The van der Waals surface area contributed by atoms with Crippen LogP contribution in [0.2, 0.25) is 0 Å². The molecule has 0 radical (unpaired) electrons. The van der Waals surface area contributed by atoms with E-state index in [-0.39, 0.29) is 30.3 Å². The molecule has 0 saturated carbocycles. The summed E-state index contributed by atoms with van der Waals surface area (Å²) in [6.45, 7) is 6.24. The van der Waals surface area contributed by atoms with Crippen LogP contribution in [0.25, 0.3) is 10.9 Å². The summed E-state index contributed by atoms with van der Waals surface area (Å²) in [6, 6.07) is 11.1. The first-order chi connectivity index (χ1) is 18.5. The van der Waals surface area contributed by atoms with Gasteiger partial charge >= 0.3 is 19.7 Å². The number of nitrogens with one attached hydrogen (secondary N) is 2. The van der Waals surface area contributed by atoms with Crippen molar-refractivity contribution in [2.45, 2.75) is 45.1 Å². The van der Waals surface area contributed by atoms with Crippen LogP contribution >= 0.6 is 7.60 Å². The quantitative estimate of drug-likeness (QED) is 0.198. The molecular formula is C26H33N4O8P. The molecule has 1 heterocycles. The van der Waals surface area contributed by atoms with Crippen LogP contribution in [0.15, 0.2) is 42.6 Å². The number of ether oxygens (including phenoxy) is 1. The number of aromatic nitrogens is 2. The molecule has 0 spiro atoms. The van der Waals surface area contributed by atoms with Crippen LogP contribution in [0.3, 0.4) is 0 Å². The minimum Gasteiger partial charge on any atom is -0.447 e. The van der Waals surface area contributed by atoms with Crippen LogP contribution in [0.1, 0.15) is 49.9 Å².